The van der Waals surface area contributed by atoms with Crippen molar-refractivity contribution in [3.63, 3.8) is 0 Å². The first-order chi connectivity index (χ1) is 11.9. The maximum atomic E-state index is 12.7. The lowest BCUT2D eigenvalue weighted by atomic mass is 9.74. The molecule has 2 N–H and O–H groups in total. The Morgan fingerprint density at radius 2 is 1.20 bits per heavy atom. The number of hydrogen-bond acceptors (Lipinski definition) is 3. The van der Waals surface area contributed by atoms with Crippen LogP contribution in [0.1, 0.15) is 11.1 Å². The van der Waals surface area contributed by atoms with Crippen LogP contribution in [0.4, 0.5) is 4.79 Å². The summed E-state index contributed by atoms with van der Waals surface area (Å²) in [5.41, 5.74) is 0.253. The Bertz CT molecular complexity index is 797. The summed E-state index contributed by atoms with van der Waals surface area (Å²) in [6.07, 6.45) is 0.369. The van der Waals surface area contributed by atoms with Gasteiger partial charge in [-0.25, -0.2) is 4.79 Å². The minimum atomic E-state index is -1.39. The second-order valence-corrected chi connectivity index (χ2v) is 7.76. The van der Waals surface area contributed by atoms with Gasteiger partial charge in [0.1, 0.15) is 5.41 Å². The molecule has 2 aromatic carbocycles. The Morgan fingerprint density at radius 1 is 0.760 bits per heavy atom. The van der Waals surface area contributed by atoms with Gasteiger partial charge in [-0.15, -0.1) is 0 Å². The van der Waals surface area contributed by atoms with Gasteiger partial charge in [0.15, 0.2) is 0 Å². The van der Waals surface area contributed by atoms with Crippen molar-refractivity contribution in [2.45, 2.75) is 12.8 Å². The Kier molecular flexibility index (Phi) is 5.06. The van der Waals surface area contributed by atoms with Crippen LogP contribution in [-0.4, -0.2) is 17.8 Å². The van der Waals surface area contributed by atoms with Gasteiger partial charge in [-0.1, -0.05) is 56.1 Å². The molecule has 128 valence electrons. The van der Waals surface area contributed by atoms with Crippen LogP contribution in [0.15, 0.2) is 57.5 Å². The van der Waals surface area contributed by atoms with Gasteiger partial charge in [0.25, 0.3) is 0 Å². The second kappa shape index (κ2) is 7.09. The number of carbonyl (C=O) groups is 3. The third-order valence-corrected chi connectivity index (χ3v) is 5.10. The quantitative estimate of drug-likeness (QED) is 0.680. The standard InChI is InChI=1S/C18H14Br2N2O3/c19-13-5-1-3-11(7-13)9-18(10-12-4-2-6-14(20)8-12)15(23)21-17(25)22-16(18)24/h1-8H,9-10H2,(H2,21,22,23,24,25). The zero-order chi connectivity index (χ0) is 18.0. The van der Waals surface area contributed by atoms with E-state index in [9.17, 15) is 14.4 Å². The number of barbiturate groups is 1. The van der Waals surface area contributed by atoms with Crippen LogP contribution in [0.25, 0.3) is 0 Å². The van der Waals surface area contributed by atoms with Crippen LogP contribution < -0.4 is 10.6 Å². The van der Waals surface area contributed by atoms with Crippen molar-refractivity contribution in [1.82, 2.24) is 10.6 Å². The normalized spacial score (nSPS) is 16.3. The average Bonchev–Trinajstić information content (AvgIpc) is 2.52. The summed E-state index contributed by atoms with van der Waals surface area (Å²) >= 11 is 6.80. The Hall–Kier alpha value is -1.99. The van der Waals surface area contributed by atoms with E-state index >= 15 is 0 Å². The molecule has 0 atom stereocenters. The number of benzene rings is 2. The smallest absolute Gasteiger partial charge is 0.277 e. The molecule has 0 radical (unpaired) electrons. The molecule has 0 aliphatic carbocycles. The second-order valence-electron chi connectivity index (χ2n) is 5.93. The minimum absolute atomic E-state index is 0.184. The first-order valence-corrected chi connectivity index (χ1v) is 9.13. The molecule has 1 heterocycles. The van der Waals surface area contributed by atoms with Crippen molar-refractivity contribution >= 4 is 49.7 Å². The van der Waals surface area contributed by atoms with Crippen LogP contribution in [0.2, 0.25) is 0 Å². The van der Waals surface area contributed by atoms with Crippen LogP contribution >= 0.6 is 31.9 Å². The lowest BCUT2D eigenvalue weighted by Crippen LogP contribution is -2.64. The van der Waals surface area contributed by atoms with Gasteiger partial charge in [0.2, 0.25) is 11.8 Å². The fraction of sp³-hybridized carbons (Fsp3) is 0.167. The molecule has 1 saturated heterocycles. The molecule has 0 aromatic heterocycles. The molecule has 0 saturated carbocycles. The fourth-order valence-electron chi connectivity index (χ4n) is 2.95. The molecule has 7 heteroatoms. The number of halogens is 2. The van der Waals surface area contributed by atoms with Crippen LogP contribution in [0.3, 0.4) is 0 Å². The van der Waals surface area contributed by atoms with E-state index in [4.69, 9.17) is 0 Å². The highest BCUT2D eigenvalue weighted by Gasteiger charge is 2.50. The number of nitrogens with one attached hydrogen (secondary N) is 2. The summed E-state index contributed by atoms with van der Waals surface area (Å²) in [5, 5.41) is 4.47. The van der Waals surface area contributed by atoms with Gasteiger partial charge in [0, 0.05) is 8.95 Å². The molecule has 5 nitrogen and oxygen atoms in total. The van der Waals surface area contributed by atoms with Crippen LogP contribution in [0.5, 0.6) is 0 Å². The summed E-state index contributed by atoms with van der Waals surface area (Å²) in [5.74, 6) is -1.16. The lowest BCUT2D eigenvalue weighted by molar-refractivity contribution is -0.144. The molecule has 1 aliphatic rings. The van der Waals surface area contributed by atoms with Gasteiger partial charge < -0.3 is 0 Å². The lowest BCUT2D eigenvalue weighted by Gasteiger charge is -2.34. The van der Waals surface area contributed by atoms with E-state index in [1.165, 1.54) is 0 Å². The number of rotatable bonds is 4. The van der Waals surface area contributed by atoms with Crippen molar-refractivity contribution in [2.75, 3.05) is 0 Å². The molecule has 1 aliphatic heterocycles. The molecular formula is C18H14Br2N2O3. The minimum Gasteiger partial charge on any atom is -0.277 e. The highest BCUT2D eigenvalue weighted by molar-refractivity contribution is 9.10. The number of carbonyl (C=O) groups excluding carboxylic acids is 3. The third kappa shape index (κ3) is 3.82. The van der Waals surface area contributed by atoms with E-state index in [-0.39, 0.29) is 12.8 Å². The monoisotopic (exact) mass is 464 g/mol. The molecule has 3 rings (SSSR count). The summed E-state index contributed by atoms with van der Waals surface area (Å²) in [7, 11) is 0. The molecule has 25 heavy (non-hydrogen) atoms. The molecule has 2 aromatic rings. The average molecular weight is 466 g/mol. The maximum absolute atomic E-state index is 12.7. The molecule has 0 spiro atoms. The zero-order valence-corrected chi connectivity index (χ0v) is 16.2. The molecule has 0 unspecified atom stereocenters. The third-order valence-electron chi connectivity index (χ3n) is 4.11. The Morgan fingerprint density at radius 3 is 1.60 bits per heavy atom. The number of imide groups is 2. The summed E-state index contributed by atoms with van der Waals surface area (Å²) in [6, 6.07) is 14.1. The zero-order valence-electron chi connectivity index (χ0n) is 13.0. The van der Waals surface area contributed by atoms with Gasteiger partial charge in [-0.3, -0.25) is 20.2 Å². The largest absolute Gasteiger partial charge is 0.328 e. The van der Waals surface area contributed by atoms with Crippen molar-refractivity contribution < 1.29 is 14.4 Å². The summed E-state index contributed by atoms with van der Waals surface area (Å²) in [6.45, 7) is 0. The van der Waals surface area contributed by atoms with Crippen LogP contribution in [0, 0.1) is 5.41 Å². The highest BCUT2D eigenvalue weighted by Crippen LogP contribution is 2.32. The van der Waals surface area contributed by atoms with Crippen molar-refractivity contribution in [2.24, 2.45) is 5.41 Å². The highest BCUT2D eigenvalue weighted by atomic mass is 79.9. The predicted molar refractivity (Wildman–Crippen MR) is 99.8 cm³/mol. The Balaban J connectivity index is 2.02. The molecule has 1 fully saturated rings. The summed E-state index contributed by atoms with van der Waals surface area (Å²) < 4.78 is 1.71. The number of amides is 4. The van der Waals surface area contributed by atoms with E-state index in [1.54, 1.807) is 0 Å². The van der Waals surface area contributed by atoms with Crippen molar-refractivity contribution in [1.29, 1.82) is 0 Å². The first kappa shape index (κ1) is 17.8. The Labute approximate surface area is 161 Å². The first-order valence-electron chi connectivity index (χ1n) is 7.55. The number of urea groups is 1. The van der Waals surface area contributed by atoms with Crippen LogP contribution in [-0.2, 0) is 22.4 Å². The molecule has 4 amide bonds. The van der Waals surface area contributed by atoms with E-state index < -0.39 is 23.3 Å². The van der Waals surface area contributed by atoms with E-state index in [0.717, 1.165) is 20.1 Å². The van der Waals surface area contributed by atoms with Gasteiger partial charge in [-0.05, 0) is 48.2 Å². The fourth-order valence-corrected chi connectivity index (χ4v) is 3.85. The number of hydrogen-bond donors (Lipinski definition) is 2. The van der Waals surface area contributed by atoms with Gasteiger partial charge in [0.05, 0.1) is 0 Å². The van der Waals surface area contributed by atoms with Gasteiger partial charge >= 0.3 is 6.03 Å². The molecular weight excluding hydrogens is 452 g/mol. The predicted octanol–water partition coefficient (Wildman–Crippen LogP) is 3.35. The van der Waals surface area contributed by atoms with E-state index in [1.807, 2.05) is 48.5 Å². The van der Waals surface area contributed by atoms with Crippen molar-refractivity contribution in [3.05, 3.63) is 68.6 Å². The van der Waals surface area contributed by atoms with E-state index in [2.05, 4.69) is 42.5 Å². The maximum Gasteiger partial charge on any atom is 0.328 e. The van der Waals surface area contributed by atoms with Crippen molar-refractivity contribution in [3.8, 4) is 0 Å². The molecule has 0 bridgehead atoms. The summed E-state index contributed by atoms with van der Waals surface area (Å²) in [4.78, 5) is 36.9. The topological polar surface area (TPSA) is 75.3 Å². The SMILES string of the molecule is O=C1NC(=O)C(Cc2cccc(Br)c2)(Cc2cccc(Br)c2)C(=O)N1. The van der Waals surface area contributed by atoms with E-state index in [0.29, 0.717) is 0 Å². The van der Waals surface area contributed by atoms with Gasteiger partial charge in [-0.2, -0.15) is 0 Å².